The number of fused-ring (bicyclic) bond motifs is 1. The molecule has 2 amide bonds. The molecule has 1 aliphatic heterocycles. The summed E-state index contributed by atoms with van der Waals surface area (Å²) in [6.07, 6.45) is 3.60. The van der Waals surface area contributed by atoms with Crippen LogP contribution in [0.3, 0.4) is 0 Å². The van der Waals surface area contributed by atoms with Crippen LogP contribution in [0.2, 0.25) is 0 Å². The van der Waals surface area contributed by atoms with E-state index in [1.807, 2.05) is 4.57 Å². The van der Waals surface area contributed by atoms with E-state index in [9.17, 15) is 9.59 Å². The van der Waals surface area contributed by atoms with Crippen LogP contribution in [0, 0.1) is 12.8 Å². The number of nitrogens with one attached hydrogen (secondary N) is 2. The maximum absolute atomic E-state index is 12.6. The lowest BCUT2D eigenvalue weighted by Crippen LogP contribution is -2.27. The molecule has 26 heavy (non-hydrogen) atoms. The fourth-order valence-electron chi connectivity index (χ4n) is 3.05. The number of aryl methyl sites for hydroxylation is 1. The monoisotopic (exact) mass is 359 g/mol. The molecule has 2 aromatic rings. The number of anilines is 1. The van der Waals surface area contributed by atoms with Gasteiger partial charge in [-0.15, -0.1) is 0 Å². The molecule has 140 valence electrons. The van der Waals surface area contributed by atoms with Crippen molar-refractivity contribution in [3.8, 4) is 0 Å². The summed E-state index contributed by atoms with van der Waals surface area (Å²) in [4.78, 5) is 29.5. The normalized spacial score (nSPS) is 13.5. The Hall–Kier alpha value is -2.64. The van der Waals surface area contributed by atoms with Gasteiger partial charge in [-0.1, -0.05) is 19.0 Å². The van der Waals surface area contributed by atoms with E-state index in [2.05, 4.69) is 34.6 Å². The predicted molar refractivity (Wildman–Crippen MR) is 96.1 cm³/mol. The number of imidazole rings is 1. The summed E-state index contributed by atoms with van der Waals surface area (Å²) >= 11 is 0. The summed E-state index contributed by atoms with van der Waals surface area (Å²) in [7, 11) is 0. The van der Waals surface area contributed by atoms with E-state index in [0.717, 1.165) is 31.4 Å². The first-order valence-corrected chi connectivity index (χ1v) is 9.08. The quantitative estimate of drug-likeness (QED) is 0.825. The van der Waals surface area contributed by atoms with Crippen molar-refractivity contribution in [2.24, 2.45) is 5.92 Å². The van der Waals surface area contributed by atoms with Gasteiger partial charge in [0.2, 0.25) is 0 Å². The molecule has 0 aliphatic carbocycles. The lowest BCUT2D eigenvalue weighted by Gasteiger charge is -2.16. The largest absolute Gasteiger partial charge is 0.360 e. The Bertz CT molecular complexity index is 806. The highest BCUT2D eigenvalue weighted by atomic mass is 16.5. The highest BCUT2D eigenvalue weighted by molar-refractivity contribution is 6.03. The van der Waals surface area contributed by atoms with E-state index in [1.165, 1.54) is 0 Å². The molecule has 0 spiro atoms. The fourth-order valence-corrected chi connectivity index (χ4v) is 3.05. The second kappa shape index (κ2) is 7.72. The van der Waals surface area contributed by atoms with Crippen LogP contribution in [0.4, 0.5) is 5.82 Å². The van der Waals surface area contributed by atoms with Crippen LogP contribution in [-0.2, 0) is 13.0 Å². The van der Waals surface area contributed by atoms with Crippen LogP contribution >= 0.6 is 0 Å². The number of rotatable bonds is 6. The molecule has 2 aromatic heterocycles. The van der Waals surface area contributed by atoms with Crippen LogP contribution in [-0.4, -0.2) is 33.1 Å². The average molecular weight is 359 g/mol. The summed E-state index contributed by atoms with van der Waals surface area (Å²) < 4.78 is 6.82. The minimum atomic E-state index is -0.386. The van der Waals surface area contributed by atoms with Crippen molar-refractivity contribution in [3.05, 3.63) is 29.0 Å². The van der Waals surface area contributed by atoms with Gasteiger partial charge in [-0.3, -0.25) is 9.59 Å². The number of hydrogen-bond donors (Lipinski definition) is 2. The summed E-state index contributed by atoms with van der Waals surface area (Å²) in [6, 6.07) is 1.64. The Morgan fingerprint density at radius 3 is 2.81 bits per heavy atom. The van der Waals surface area contributed by atoms with Crippen molar-refractivity contribution in [3.63, 3.8) is 0 Å². The van der Waals surface area contributed by atoms with Crippen molar-refractivity contribution < 1.29 is 14.1 Å². The lowest BCUT2D eigenvalue weighted by molar-refractivity contribution is 0.0946. The van der Waals surface area contributed by atoms with Crippen molar-refractivity contribution in [2.75, 3.05) is 11.9 Å². The van der Waals surface area contributed by atoms with Gasteiger partial charge in [0.05, 0.1) is 5.69 Å². The number of nitrogens with zero attached hydrogens (tertiary/aromatic N) is 3. The Morgan fingerprint density at radius 2 is 2.12 bits per heavy atom. The minimum absolute atomic E-state index is 0.215. The summed E-state index contributed by atoms with van der Waals surface area (Å²) in [5, 5.41) is 9.36. The first-order valence-electron chi connectivity index (χ1n) is 9.08. The van der Waals surface area contributed by atoms with Crippen molar-refractivity contribution >= 4 is 17.6 Å². The first-order chi connectivity index (χ1) is 12.5. The third-order valence-electron chi connectivity index (χ3n) is 4.41. The molecule has 0 saturated heterocycles. The topological polar surface area (TPSA) is 102 Å². The second-order valence-corrected chi connectivity index (χ2v) is 7.05. The SMILES string of the molecule is Cc1cc(NC(=O)c2nc(C(=O)NCCC(C)C)c3n2CCCC3)no1. The zero-order valence-corrected chi connectivity index (χ0v) is 15.5. The highest BCUT2D eigenvalue weighted by Crippen LogP contribution is 2.22. The standard InChI is InChI=1S/C18H25N5O3/c1-11(2)7-8-19-17(24)15-13-6-4-5-9-23(13)16(21-15)18(25)20-14-10-12(3)26-22-14/h10-11H,4-9H2,1-3H3,(H,19,24)(H,20,22,25). The van der Waals surface area contributed by atoms with Crippen molar-refractivity contribution in [1.29, 1.82) is 0 Å². The van der Waals surface area contributed by atoms with Gasteiger partial charge in [-0.05, 0) is 38.5 Å². The van der Waals surface area contributed by atoms with Gasteiger partial charge in [0, 0.05) is 19.2 Å². The molecule has 0 aromatic carbocycles. The van der Waals surface area contributed by atoms with Crippen LogP contribution in [0.1, 0.15) is 65.7 Å². The number of carbonyl (C=O) groups is 2. The number of carbonyl (C=O) groups excluding carboxylic acids is 2. The zero-order chi connectivity index (χ0) is 18.7. The molecule has 2 N–H and O–H groups in total. The molecule has 3 rings (SSSR count). The van der Waals surface area contributed by atoms with E-state index in [4.69, 9.17) is 4.52 Å². The Morgan fingerprint density at radius 1 is 1.31 bits per heavy atom. The van der Waals surface area contributed by atoms with Gasteiger partial charge in [-0.25, -0.2) is 4.98 Å². The number of amides is 2. The summed E-state index contributed by atoms with van der Waals surface area (Å²) in [5.74, 6) is 1.10. The number of hydrogen-bond acceptors (Lipinski definition) is 5. The Kier molecular flexibility index (Phi) is 5.39. The van der Waals surface area contributed by atoms with Crippen molar-refractivity contribution in [1.82, 2.24) is 20.0 Å². The van der Waals surface area contributed by atoms with E-state index >= 15 is 0 Å². The van der Waals surface area contributed by atoms with Crippen LogP contribution in [0.5, 0.6) is 0 Å². The maximum atomic E-state index is 12.6. The van der Waals surface area contributed by atoms with E-state index in [1.54, 1.807) is 13.0 Å². The second-order valence-electron chi connectivity index (χ2n) is 7.05. The fraction of sp³-hybridized carbons (Fsp3) is 0.556. The third-order valence-corrected chi connectivity index (χ3v) is 4.41. The number of aromatic nitrogens is 3. The highest BCUT2D eigenvalue weighted by Gasteiger charge is 2.27. The summed E-state index contributed by atoms with van der Waals surface area (Å²) in [5.41, 5.74) is 1.19. The molecular weight excluding hydrogens is 334 g/mol. The van der Waals surface area contributed by atoms with Gasteiger partial charge >= 0.3 is 0 Å². The molecule has 3 heterocycles. The molecule has 1 aliphatic rings. The van der Waals surface area contributed by atoms with Crippen LogP contribution in [0.25, 0.3) is 0 Å². The maximum Gasteiger partial charge on any atom is 0.292 e. The van der Waals surface area contributed by atoms with Crippen LogP contribution in [0.15, 0.2) is 10.6 Å². The van der Waals surface area contributed by atoms with Gasteiger partial charge in [-0.2, -0.15) is 0 Å². The van der Waals surface area contributed by atoms with Crippen LogP contribution < -0.4 is 10.6 Å². The average Bonchev–Trinajstić information content (AvgIpc) is 3.18. The van der Waals surface area contributed by atoms with Gasteiger partial charge < -0.3 is 19.7 Å². The molecule has 0 fully saturated rings. The van der Waals surface area contributed by atoms with Gasteiger partial charge in [0.1, 0.15) is 11.5 Å². The first kappa shape index (κ1) is 18.2. The predicted octanol–water partition coefficient (Wildman–Crippen LogP) is 2.54. The molecule has 0 saturated carbocycles. The van der Waals surface area contributed by atoms with Crippen molar-refractivity contribution in [2.45, 2.75) is 53.0 Å². The molecule has 0 bridgehead atoms. The molecule has 8 heteroatoms. The third kappa shape index (κ3) is 3.95. The van der Waals surface area contributed by atoms with Gasteiger partial charge in [0.25, 0.3) is 11.8 Å². The van der Waals surface area contributed by atoms with E-state index in [-0.39, 0.29) is 17.6 Å². The molecule has 8 nitrogen and oxygen atoms in total. The molecule has 0 atom stereocenters. The van der Waals surface area contributed by atoms with Gasteiger partial charge in [0.15, 0.2) is 11.6 Å². The minimum Gasteiger partial charge on any atom is -0.360 e. The zero-order valence-electron chi connectivity index (χ0n) is 15.5. The van der Waals surface area contributed by atoms with E-state index in [0.29, 0.717) is 36.3 Å². The molecule has 0 unspecified atom stereocenters. The molecular formula is C18H25N5O3. The molecule has 0 radical (unpaired) electrons. The Balaban J connectivity index is 1.81. The Labute approximate surface area is 152 Å². The lowest BCUT2D eigenvalue weighted by atomic mass is 10.1. The van der Waals surface area contributed by atoms with E-state index < -0.39 is 0 Å². The summed E-state index contributed by atoms with van der Waals surface area (Å²) in [6.45, 7) is 7.25. The smallest absolute Gasteiger partial charge is 0.292 e.